The Labute approximate surface area is 170 Å². The highest BCUT2D eigenvalue weighted by Crippen LogP contribution is 2.33. The van der Waals surface area contributed by atoms with Gasteiger partial charge in [0.05, 0.1) is 30.3 Å². The summed E-state index contributed by atoms with van der Waals surface area (Å²) in [5.41, 5.74) is 1.96. The average molecular weight is 403 g/mol. The fourth-order valence-electron chi connectivity index (χ4n) is 4.29. The van der Waals surface area contributed by atoms with Crippen molar-refractivity contribution in [2.24, 2.45) is 5.92 Å². The highest BCUT2D eigenvalue weighted by atomic mass is 35.5. The molecule has 2 aliphatic heterocycles. The van der Waals surface area contributed by atoms with E-state index in [0.29, 0.717) is 30.7 Å². The van der Waals surface area contributed by atoms with Crippen LogP contribution >= 0.6 is 11.6 Å². The number of hydrogen-bond acceptors (Lipinski definition) is 5. The van der Waals surface area contributed by atoms with Crippen LogP contribution in [0.4, 0.5) is 5.69 Å². The number of ether oxygens (including phenoxy) is 1. The molecule has 3 heterocycles. The molecule has 4 rings (SSSR count). The third-order valence-corrected chi connectivity index (χ3v) is 5.84. The largest absolute Gasteiger partial charge is 0.379 e. The number of morpholine rings is 1. The molecule has 0 bridgehead atoms. The first kappa shape index (κ1) is 19.4. The maximum absolute atomic E-state index is 12.5. The molecule has 2 aromatic rings. The fourth-order valence-corrected chi connectivity index (χ4v) is 4.50. The molecule has 1 amide bonds. The SMILES string of the molecule is CC1CC(NC(=O)CN2CCOCC2)CN(c2ccc(Cl)c3ncccc23)C1. The zero-order valence-electron chi connectivity index (χ0n) is 16.2. The van der Waals surface area contributed by atoms with Crippen molar-refractivity contribution in [3.8, 4) is 0 Å². The van der Waals surface area contributed by atoms with Crippen LogP contribution in [0.2, 0.25) is 5.02 Å². The standard InChI is InChI=1S/C21H27ClN4O2/c1-15-11-16(24-20(27)14-25-7-9-28-10-8-25)13-26(12-15)19-5-4-18(22)21-17(19)3-2-6-23-21/h2-6,15-16H,7-14H2,1H3,(H,24,27). The van der Waals surface area contributed by atoms with Crippen molar-refractivity contribution in [1.82, 2.24) is 15.2 Å². The van der Waals surface area contributed by atoms with Crippen molar-refractivity contribution in [2.45, 2.75) is 19.4 Å². The summed E-state index contributed by atoms with van der Waals surface area (Å²) in [6.07, 6.45) is 2.76. The molecule has 2 fully saturated rings. The molecule has 1 N–H and O–H groups in total. The van der Waals surface area contributed by atoms with Crippen LogP contribution in [0.25, 0.3) is 10.9 Å². The van der Waals surface area contributed by atoms with Crippen LogP contribution in [-0.4, -0.2) is 67.8 Å². The number of nitrogens with zero attached hydrogens (tertiary/aromatic N) is 3. The van der Waals surface area contributed by atoms with Crippen molar-refractivity contribution in [2.75, 3.05) is 50.8 Å². The van der Waals surface area contributed by atoms with Gasteiger partial charge in [0.25, 0.3) is 0 Å². The minimum Gasteiger partial charge on any atom is -0.379 e. The van der Waals surface area contributed by atoms with E-state index in [4.69, 9.17) is 16.3 Å². The van der Waals surface area contributed by atoms with Crippen molar-refractivity contribution in [3.05, 3.63) is 35.5 Å². The van der Waals surface area contributed by atoms with Crippen LogP contribution in [0.15, 0.2) is 30.5 Å². The van der Waals surface area contributed by atoms with E-state index in [-0.39, 0.29) is 11.9 Å². The highest BCUT2D eigenvalue weighted by molar-refractivity contribution is 6.35. The van der Waals surface area contributed by atoms with E-state index < -0.39 is 0 Å². The summed E-state index contributed by atoms with van der Waals surface area (Å²) >= 11 is 6.34. The summed E-state index contributed by atoms with van der Waals surface area (Å²) in [5, 5.41) is 4.98. The monoisotopic (exact) mass is 402 g/mol. The molecule has 2 saturated heterocycles. The van der Waals surface area contributed by atoms with Crippen molar-refractivity contribution < 1.29 is 9.53 Å². The maximum atomic E-state index is 12.5. The van der Waals surface area contributed by atoms with Crippen LogP contribution in [-0.2, 0) is 9.53 Å². The Bertz CT molecular complexity index is 840. The maximum Gasteiger partial charge on any atom is 0.234 e. The first-order valence-electron chi connectivity index (χ1n) is 9.98. The average Bonchev–Trinajstić information content (AvgIpc) is 2.68. The predicted octanol–water partition coefficient (Wildman–Crippen LogP) is 2.55. The molecule has 0 radical (unpaired) electrons. The van der Waals surface area contributed by atoms with Gasteiger partial charge in [0.2, 0.25) is 5.91 Å². The molecule has 2 aliphatic rings. The predicted molar refractivity (Wildman–Crippen MR) is 112 cm³/mol. The van der Waals surface area contributed by atoms with Gasteiger partial charge in [-0.05, 0) is 36.6 Å². The lowest BCUT2D eigenvalue weighted by atomic mass is 9.94. The van der Waals surface area contributed by atoms with Gasteiger partial charge in [-0.15, -0.1) is 0 Å². The lowest BCUT2D eigenvalue weighted by molar-refractivity contribution is -0.124. The number of rotatable bonds is 4. The van der Waals surface area contributed by atoms with E-state index in [0.717, 1.165) is 49.2 Å². The van der Waals surface area contributed by atoms with Crippen molar-refractivity contribution >= 4 is 34.1 Å². The van der Waals surface area contributed by atoms with Gasteiger partial charge in [-0.3, -0.25) is 14.7 Å². The summed E-state index contributed by atoms with van der Waals surface area (Å²) in [7, 11) is 0. The second-order valence-electron chi connectivity index (χ2n) is 7.86. The summed E-state index contributed by atoms with van der Waals surface area (Å²) in [6, 6.07) is 8.13. The van der Waals surface area contributed by atoms with Gasteiger partial charge in [-0.2, -0.15) is 0 Å². The summed E-state index contributed by atoms with van der Waals surface area (Å²) < 4.78 is 5.36. The van der Waals surface area contributed by atoms with E-state index in [9.17, 15) is 4.79 Å². The molecule has 0 spiro atoms. The second kappa shape index (κ2) is 8.64. The topological polar surface area (TPSA) is 57.7 Å². The van der Waals surface area contributed by atoms with Gasteiger partial charge < -0.3 is 15.0 Å². The van der Waals surface area contributed by atoms with Crippen LogP contribution in [0.3, 0.4) is 0 Å². The molecule has 2 atom stereocenters. The van der Waals surface area contributed by atoms with Crippen LogP contribution in [0.5, 0.6) is 0 Å². The molecule has 6 nitrogen and oxygen atoms in total. The summed E-state index contributed by atoms with van der Waals surface area (Å²) in [6.45, 7) is 7.51. The molecule has 28 heavy (non-hydrogen) atoms. The number of benzene rings is 1. The Kier molecular flexibility index (Phi) is 5.99. The zero-order chi connectivity index (χ0) is 19.5. The molecule has 7 heteroatoms. The number of piperidine rings is 1. The molecule has 0 saturated carbocycles. The Morgan fingerprint density at radius 2 is 2.11 bits per heavy atom. The van der Waals surface area contributed by atoms with Gasteiger partial charge in [0.1, 0.15) is 0 Å². The van der Waals surface area contributed by atoms with Crippen LogP contribution in [0, 0.1) is 5.92 Å². The lowest BCUT2D eigenvalue weighted by Gasteiger charge is -2.39. The van der Waals surface area contributed by atoms with Gasteiger partial charge in [-0.25, -0.2) is 0 Å². The molecule has 2 unspecified atom stereocenters. The Morgan fingerprint density at radius 3 is 2.93 bits per heavy atom. The Hall–Kier alpha value is -1.89. The highest BCUT2D eigenvalue weighted by Gasteiger charge is 2.27. The smallest absolute Gasteiger partial charge is 0.234 e. The van der Waals surface area contributed by atoms with Crippen molar-refractivity contribution in [3.63, 3.8) is 0 Å². The number of halogens is 1. The molecule has 1 aromatic carbocycles. The van der Waals surface area contributed by atoms with E-state index in [2.05, 4.69) is 39.2 Å². The van der Waals surface area contributed by atoms with Gasteiger partial charge in [0, 0.05) is 49.5 Å². The van der Waals surface area contributed by atoms with E-state index in [1.165, 1.54) is 0 Å². The van der Waals surface area contributed by atoms with Crippen molar-refractivity contribution in [1.29, 1.82) is 0 Å². The van der Waals surface area contributed by atoms with Gasteiger partial charge >= 0.3 is 0 Å². The van der Waals surface area contributed by atoms with E-state index in [1.54, 1.807) is 6.20 Å². The number of carbonyl (C=O) groups excluding carboxylic acids is 1. The number of anilines is 1. The minimum atomic E-state index is 0.101. The number of hydrogen-bond donors (Lipinski definition) is 1. The molecule has 150 valence electrons. The van der Waals surface area contributed by atoms with Crippen LogP contribution in [0.1, 0.15) is 13.3 Å². The molecule has 0 aliphatic carbocycles. The number of amides is 1. The van der Waals surface area contributed by atoms with E-state index >= 15 is 0 Å². The Balaban J connectivity index is 1.46. The van der Waals surface area contributed by atoms with E-state index in [1.807, 2.05) is 12.1 Å². The first-order chi connectivity index (χ1) is 13.6. The second-order valence-corrected chi connectivity index (χ2v) is 8.27. The fraction of sp³-hybridized carbons (Fsp3) is 0.524. The summed E-state index contributed by atoms with van der Waals surface area (Å²) in [5.74, 6) is 0.591. The van der Waals surface area contributed by atoms with Gasteiger partial charge in [0.15, 0.2) is 0 Å². The number of nitrogens with one attached hydrogen (secondary N) is 1. The molecular formula is C21H27ClN4O2. The molecular weight excluding hydrogens is 376 g/mol. The number of aromatic nitrogens is 1. The molecule has 1 aromatic heterocycles. The quantitative estimate of drug-likeness (QED) is 0.851. The lowest BCUT2D eigenvalue weighted by Crippen LogP contribution is -2.53. The van der Waals surface area contributed by atoms with Crippen LogP contribution < -0.4 is 10.2 Å². The van der Waals surface area contributed by atoms with Gasteiger partial charge in [-0.1, -0.05) is 18.5 Å². The number of pyridine rings is 1. The number of fused-ring (bicyclic) bond motifs is 1. The Morgan fingerprint density at radius 1 is 1.29 bits per heavy atom. The third-order valence-electron chi connectivity index (χ3n) is 5.53. The minimum absolute atomic E-state index is 0.101. The zero-order valence-corrected chi connectivity index (χ0v) is 17.0. The number of carbonyl (C=O) groups is 1. The summed E-state index contributed by atoms with van der Waals surface area (Å²) in [4.78, 5) is 21.5. The first-order valence-corrected chi connectivity index (χ1v) is 10.4. The normalized spacial score (nSPS) is 23.7. The third kappa shape index (κ3) is 4.40.